The summed E-state index contributed by atoms with van der Waals surface area (Å²) in [5.74, 6) is 2.16. The van der Waals surface area contributed by atoms with Gasteiger partial charge in [-0.2, -0.15) is 0 Å². The highest BCUT2D eigenvalue weighted by Crippen LogP contribution is 2.37. The highest BCUT2D eigenvalue weighted by atomic mass is 32.2. The van der Waals surface area contributed by atoms with Gasteiger partial charge in [0.15, 0.2) is 0 Å². The average Bonchev–Trinajstić information content (AvgIpc) is 2.48. The van der Waals surface area contributed by atoms with Crippen LogP contribution in [-0.4, -0.2) is 17.0 Å². The van der Waals surface area contributed by atoms with Gasteiger partial charge in [-0.15, -0.1) is 11.8 Å². The summed E-state index contributed by atoms with van der Waals surface area (Å²) in [5.41, 5.74) is 0. The van der Waals surface area contributed by atoms with E-state index in [9.17, 15) is 9.59 Å². The highest BCUT2D eigenvalue weighted by Gasteiger charge is 2.20. The van der Waals surface area contributed by atoms with E-state index in [4.69, 9.17) is 0 Å². The maximum absolute atomic E-state index is 10.7. The number of thioether (sulfide) groups is 1. The lowest BCUT2D eigenvalue weighted by molar-refractivity contribution is -0.117. The first-order valence-corrected chi connectivity index (χ1v) is 5.00. The second kappa shape index (κ2) is 4.48. The predicted octanol–water partition coefficient (Wildman–Crippen LogP) is 1.97. The Morgan fingerprint density at radius 1 is 1.75 bits per heavy atom. The topological polar surface area (TPSA) is 34.1 Å². The van der Waals surface area contributed by atoms with Crippen LogP contribution in [0.25, 0.3) is 0 Å². The van der Waals surface area contributed by atoms with Crippen molar-refractivity contribution in [3.8, 4) is 0 Å². The second-order valence-electron chi connectivity index (χ2n) is 3.04. The van der Waals surface area contributed by atoms with Crippen molar-refractivity contribution in [2.45, 2.75) is 37.9 Å². The third-order valence-corrected chi connectivity index (χ3v) is 3.31. The largest absolute Gasteiger partial charge is 0.300 e. The van der Waals surface area contributed by atoms with Gasteiger partial charge in [-0.1, -0.05) is 0 Å². The first-order chi connectivity index (χ1) is 5.72. The molecule has 1 saturated heterocycles. The number of carbonyl (C=O) groups is 1. The van der Waals surface area contributed by atoms with Gasteiger partial charge in [0.25, 0.3) is 0 Å². The molecule has 0 aromatic heterocycles. The Bertz CT molecular complexity index is 229. The van der Waals surface area contributed by atoms with Crippen LogP contribution in [0.1, 0.15) is 32.6 Å². The Labute approximate surface area is 76.4 Å². The summed E-state index contributed by atoms with van der Waals surface area (Å²) in [6.45, 7) is 1.61. The number of carbonyl (C=O) groups excluding carboxylic acids is 2. The van der Waals surface area contributed by atoms with Crippen molar-refractivity contribution in [3.63, 3.8) is 0 Å². The molecule has 0 aliphatic carbocycles. The summed E-state index contributed by atoms with van der Waals surface area (Å²) in [6.07, 6.45) is 3.44. The maximum Gasteiger partial charge on any atom is 0.134 e. The molecule has 0 amide bonds. The molecule has 0 radical (unpaired) electrons. The molecule has 1 aliphatic rings. The standard InChI is InChI=1S/C9H12O2S/c1-7(11)2-3-8-4-5-9(6-10)12-8/h8H,2-5H2,1H3. The van der Waals surface area contributed by atoms with Crippen LogP contribution in [0.2, 0.25) is 0 Å². The SMILES string of the molecule is CC(=O)CCC1CCC(=C=O)S1. The van der Waals surface area contributed by atoms with Gasteiger partial charge in [0, 0.05) is 11.7 Å². The quantitative estimate of drug-likeness (QED) is 0.629. The highest BCUT2D eigenvalue weighted by molar-refractivity contribution is 8.04. The summed E-state index contributed by atoms with van der Waals surface area (Å²) in [4.78, 5) is 21.7. The molecule has 1 aliphatic heterocycles. The maximum atomic E-state index is 10.7. The van der Waals surface area contributed by atoms with Gasteiger partial charge < -0.3 is 4.79 Å². The van der Waals surface area contributed by atoms with E-state index >= 15 is 0 Å². The van der Waals surface area contributed by atoms with Crippen LogP contribution in [0.15, 0.2) is 4.91 Å². The van der Waals surface area contributed by atoms with Crippen LogP contribution in [-0.2, 0) is 9.59 Å². The van der Waals surface area contributed by atoms with Gasteiger partial charge in [0.1, 0.15) is 11.7 Å². The van der Waals surface area contributed by atoms with Gasteiger partial charge >= 0.3 is 0 Å². The van der Waals surface area contributed by atoms with Crippen LogP contribution < -0.4 is 0 Å². The Hall–Kier alpha value is -0.530. The van der Waals surface area contributed by atoms with E-state index in [1.165, 1.54) is 0 Å². The van der Waals surface area contributed by atoms with Crippen LogP contribution in [0.4, 0.5) is 0 Å². The molecule has 0 spiro atoms. The van der Waals surface area contributed by atoms with Crippen molar-refractivity contribution in [2.75, 3.05) is 0 Å². The number of hydrogen-bond donors (Lipinski definition) is 0. The van der Waals surface area contributed by atoms with Crippen molar-refractivity contribution in [1.82, 2.24) is 0 Å². The monoisotopic (exact) mass is 184 g/mol. The fourth-order valence-corrected chi connectivity index (χ4v) is 2.41. The van der Waals surface area contributed by atoms with E-state index in [0.717, 1.165) is 24.2 Å². The molecule has 2 nitrogen and oxygen atoms in total. The van der Waals surface area contributed by atoms with Gasteiger partial charge in [-0.25, -0.2) is 4.79 Å². The molecule has 1 rings (SSSR count). The zero-order chi connectivity index (χ0) is 8.97. The molecular formula is C9H12O2S. The summed E-state index contributed by atoms with van der Waals surface area (Å²) in [5, 5.41) is 0.477. The molecule has 0 saturated carbocycles. The molecule has 12 heavy (non-hydrogen) atoms. The van der Waals surface area contributed by atoms with E-state index in [1.807, 2.05) is 5.94 Å². The van der Waals surface area contributed by atoms with Crippen molar-refractivity contribution in [3.05, 3.63) is 4.91 Å². The predicted molar refractivity (Wildman–Crippen MR) is 49.7 cm³/mol. The molecule has 1 atom stereocenters. The molecule has 0 aromatic carbocycles. The lowest BCUT2D eigenvalue weighted by Gasteiger charge is -2.03. The minimum atomic E-state index is 0.235. The van der Waals surface area contributed by atoms with Gasteiger partial charge in [0.2, 0.25) is 0 Å². The number of allylic oxidation sites excluding steroid dienone is 1. The third-order valence-electron chi connectivity index (χ3n) is 1.93. The lowest BCUT2D eigenvalue weighted by Crippen LogP contribution is -1.99. The molecule has 66 valence electrons. The van der Waals surface area contributed by atoms with E-state index in [2.05, 4.69) is 0 Å². The number of Topliss-reactive ketones (excluding diaryl/α,β-unsaturated/α-hetero) is 1. The van der Waals surface area contributed by atoms with Crippen LogP contribution >= 0.6 is 11.8 Å². The average molecular weight is 184 g/mol. The van der Waals surface area contributed by atoms with Crippen molar-refractivity contribution >= 4 is 23.5 Å². The zero-order valence-electron chi connectivity index (χ0n) is 7.13. The summed E-state index contributed by atoms with van der Waals surface area (Å²) < 4.78 is 0. The minimum Gasteiger partial charge on any atom is -0.300 e. The molecule has 0 N–H and O–H groups in total. The number of ketones is 1. The number of hydrogen-bond acceptors (Lipinski definition) is 3. The van der Waals surface area contributed by atoms with Crippen LogP contribution in [0, 0.1) is 0 Å². The van der Waals surface area contributed by atoms with Crippen molar-refractivity contribution in [1.29, 1.82) is 0 Å². The smallest absolute Gasteiger partial charge is 0.134 e. The molecule has 0 aromatic rings. The Morgan fingerprint density at radius 2 is 2.50 bits per heavy atom. The normalized spacial score (nSPS) is 22.4. The molecule has 1 unspecified atom stereocenters. The summed E-state index contributed by atoms with van der Waals surface area (Å²) >= 11 is 1.59. The van der Waals surface area contributed by atoms with Crippen molar-refractivity contribution in [2.24, 2.45) is 0 Å². The zero-order valence-corrected chi connectivity index (χ0v) is 7.95. The van der Waals surface area contributed by atoms with Crippen LogP contribution in [0.5, 0.6) is 0 Å². The van der Waals surface area contributed by atoms with Gasteiger partial charge in [0.05, 0.1) is 4.91 Å². The first-order valence-electron chi connectivity index (χ1n) is 4.12. The second-order valence-corrected chi connectivity index (χ2v) is 4.44. The minimum absolute atomic E-state index is 0.235. The summed E-state index contributed by atoms with van der Waals surface area (Å²) in [6, 6.07) is 0. The van der Waals surface area contributed by atoms with Crippen molar-refractivity contribution < 1.29 is 9.59 Å². The third kappa shape index (κ3) is 2.84. The molecule has 3 heteroatoms. The number of rotatable bonds is 3. The van der Waals surface area contributed by atoms with Gasteiger partial charge in [-0.05, 0) is 26.2 Å². The Morgan fingerprint density at radius 3 is 3.00 bits per heavy atom. The Kier molecular flexibility index (Phi) is 3.57. The molecule has 1 fully saturated rings. The first kappa shape index (κ1) is 9.56. The summed E-state index contributed by atoms with van der Waals surface area (Å²) in [7, 11) is 0. The van der Waals surface area contributed by atoms with E-state index in [-0.39, 0.29) is 5.78 Å². The van der Waals surface area contributed by atoms with E-state index in [1.54, 1.807) is 18.7 Å². The lowest BCUT2D eigenvalue weighted by atomic mass is 10.1. The van der Waals surface area contributed by atoms with E-state index in [0.29, 0.717) is 11.7 Å². The molecule has 0 bridgehead atoms. The fourth-order valence-electron chi connectivity index (χ4n) is 1.25. The van der Waals surface area contributed by atoms with Gasteiger partial charge in [-0.3, -0.25) is 0 Å². The van der Waals surface area contributed by atoms with Crippen LogP contribution in [0.3, 0.4) is 0 Å². The Balaban J connectivity index is 2.28. The molecule has 1 heterocycles. The van der Waals surface area contributed by atoms with E-state index < -0.39 is 0 Å². The molecular weight excluding hydrogens is 172 g/mol. The fraction of sp³-hybridized carbons (Fsp3) is 0.667.